The molecule has 1 unspecified atom stereocenters. The Hall–Kier alpha value is -1.65. The number of aromatic nitrogens is 2. The van der Waals surface area contributed by atoms with E-state index in [4.69, 9.17) is 10.8 Å². The fraction of sp³-hybridized carbons (Fsp3) is 0.308. The number of H-pyrrole nitrogens is 1. The zero-order chi connectivity index (χ0) is 12.3. The molecule has 2 rings (SSSR count). The minimum atomic E-state index is -0.446. The molecule has 0 saturated heterocycles. The van der Waals surface area contributed by atoms with Crippen molar-refractivity contribution >= 4 is 0 Å². The van der Waals surface area contributed by atoms with Gasteiger partial charge < -0.3 is 15.8 Å². The monoisotopic (exact) mass is 231 g/mol. The topological polar surface area (TPSA) is 74.9 Å². The third kappa shape index (κ3) is 2.54. The van der Waals surface area contributed by atoms with Gasteiger partial charge in [0.05, 0.1) is 24.5 Å². The lowest BCUT2D eigenvalue weighted by molar-refractivity contribution is 0.264. The number of nitrogens with one attached hydrogen (secondary N) is 1. The van der Waals surface area contributed by atoms with Crippen LogP contribution in [0.2, 0.25) is 0 Å². The lowest BCUT2D eigenvalue weighted by atomic mass is 10.1. The van der Waals surface area contributed by atoms with Gasteiger partial charge in [-0.2, -0.15) is 0 Å². The lowest BCUT2D eigenvalue weighted by Crippen LogP contribution is -2.15. The minimum absolute atomic E-state index is 0.109. The van der Waals surface area contributed by atoms with Gasteiger partial charge in [-0.25, -0.2) is 4.98 Å². The molecule has 4 N–H and O–H groups in total. The maximum Gasteiger partial charge on any atom is 0.125 e. The van der Waals surface area contributed by atoms with Gasteiger partial charge in [0.25, 0.3) is 0 Å². The van der Waals surface area contributed by atoms with Gasteiger partial charge in [-0.3, -0.25) is 0 Å². The molecule has 1 aromatic heterocycles. The summed E-state index contributed by atoms with van der Waals surface area (Å²) in [5.74, 6) is 0.613. The molecular formula is C13H17N3O. The first-order chi connectivity index (χ1) is 8.24. The number of nitrogens with two attached hydrogens (primary N) is 1. The van der Waals surface area contributed by atoms with E-state index in [1.54, 1.807) is 6.20 Å². The summed E-state index contributed by atoms with van der Waals surface area (Å²) in [4.78, 5) is 7.29. The van der Waals surface area contributed by atoms with Crippen molar-refractivity contribution < 1.29 is 5.11 Å². The quantitative estimate of drug-likeness (QED) is 0.748. The SMILES string of the molecule is CCc1ccc(-c2cnc(C(N)CO)[nH]2)cc1. The molecule has 0 aliphatic heterocycles. The molecule has 90 valence electrons. The maximum atomic E-state index is 8.95. The van der Waals surface area contributed by atoms with Crippen molar-refractivity contribution in [2.24, 2.45) is 5.73 Å². The van der Waals surface area contributed by atoms with Gasteiger partial charge in [0.2, 0.25) is 0 Å². The summed E-state index contributed by atoms with van der Waals surface area (Å²) in [6.07, 6.45) is 2.77. The summed E-state index contributed by atoms with van der Waals surface area (Å²) in [5, 5.41) is 8.95. The Morgan fingerprint density at radius 1 is 1.35 bits per heavy atom. The molecule has 0 aliphatic carbocycles. The largest absolute Gasteiger partial charge is 0.394 e. The summed E-state index contributed by atoms with van der Waals surface area (Å²) in [7, 11) is 0. The predicted octanol–water partition coefficient (Wildman–Crippen LogP) is 1.63. The summed E-state index contributed by atoms with van der Waals surface area (Å²) in [5.41, 5.74) is 8.99. The number of aryl methyl sites for hydroxylation is 1. The highest BCUT2D eigenvalue weighted by Gasteiger charge is 2.09. The number of benzene rings is 1. The Kier molecular flexibility index (Phi) is 3.56. The van der Waals surface area contributed by atoms with Crippen LogP contribution in [0.3, 0.4) is 0 Å². The van der Waals surface area contributed by atoms with Crippen LogP contribution in [-0.4, -0.2) is 21.7 Å². The Labute approximate surface area is 101 Å². The average molecular weight is 231 g/mol. The van der Waals surface area contributed by atoms with E-state index in [9.17, 15) is 0 Å². The zero-order valence-corrected chi connectivity index (χ0v) is 9.85. The smallest absolute Gasteiger partial charge is 0.125 e. The van der Waals surface area contributed by atoms with Gasteiger partial charge in [-0.1, -0.05) is 31.2 Å². The van der Waals surface area contributed by atoms with Crippen LogP contribution in [-0.2, 0) is 6.42 Å². The van der Waals surface area contributed by atoms with Crippen molar-refractivity contribution in [3.8, 4) is 11.3 Å². The Morgan fingerprint density at radius 3 is 2.65 bits per heavy atom. The average Bonchev–Trinajstić information content (AvgIpc) is 2.87. The third-order valence-corrected chi connectivity index (χ3v) is 2.82. The molecule has 4 nitrogen and oxygen atoms in total. The zero-order valence-electron chi connectivity index (χ0n) is 9.85. The summed E-state index contributed by atoms with van der Waals surface area (Å²) >= 11 is 0. The first-order valence-electron chi connectivity index (χ1n) is 5.75. The maximum absolute atomic E-state index is 8.95. The fourth-order valence-corrected chi connectivity index (χ4v) is 1.68. The molecule has 0 fully saturated rings. The van der Waals surface area contributed by atoms with Crippen LogP contribution >= 0.6 is 0 Å². The second-order valence-corrected chi connectivity index (χ2v) is 4.02. The number of hydrogen-bond donors (Lipinski definition) is 3. The van der Waals surface area contributed by atoms with Gasteiger partial charge in [0, 0.05) is 0 Å². The standard InChI is InChI=1S/C13H17N3O/c1-2-9-3-5-10(6-4-9)12-7-15-13(16-12)11(14)8-17/h3-7,11,17H,2,8,14H2,1H3,(H,15,16). The van der Waals surface area contributed by atoms with E-state index >= 15 is 0 Å². The van der Waals surface area contributed by atoms with Crippen molar-refractivity contribution in [1.29, 1.82) is 0 Å². The van der Waals surface area contributed by atoms with Crippen LogP contribution in [0, 0.1) is 0 Å². The first-order valence-corrected chi connectivity index (χ1v) is 5.75. The van der Waals surface area contributed by atoms with Gasteiger partial charge in [-0.05, 0) is 17.5 Å². The molecule has 1 aromatic carbocycles. The van der Waals surface area contributed by atoms with E-state index < -0.39 is 6.04 Å². The number of rotatable bonds is 4. The Bertz CT molecular complexity index is 476. The molecule has 4 heteroatoms. The summed E-state index contributed by atoms with van der Waals surface area (Å²) < 4.78 is 0. The number of aliphatic hydroxyl groups is 1. The highest BCUT2D eigenvalue weighted by Crippen LogP contribution is 2.19. The Balaban J connectivity index is 2.24. The van der Waals surface area contributed by atoms with Crippen LogP contribution in [0.5, 0.6) is 0 Å². The number of imidazole rings is 1. The van der Waals surface area contributed by atoms with Crippen LogP contribution in [0.1, 0.15) is 24.4 Å². The van der Waals surface area contributed by atoms with Crippen molar-refractivity contribution in [2.45, 2.75) is 19.4 Å². The molecular weight excluding hydrogens is 214 g/mol. The van der Waals surface area contributed by atoms with E-state index in [1.807, 2.05) is 0 Å². The number of aliphatic hydroxyl groups excluding tert-OH is 1. The van der Waals surface area contributed by atoms with Crippen LogP contribution in [0.25, 0.3) is 11.3 Å². The van der Waals surface area contributed by atoms with E-state index in [0.717, 1.165) is 17.7 Å². The van der Waals surface area contributed by atoms with Crippen LogP contribution in [0.4, 0.5) is 0 Å². The predicted molar refractivity (Wildman–Crippen MR) is 67.4 cm³/mol. The molecule has 1 atom stereocenters. The van der Waals surface area contributed by atoms with Crippen LogP contribution in [0.15, 0.2) is 30.5 Å². The van der Waals surface area contributed by atoms with Crippen molar-refractivity contribution in [2.75, 3.05) is 6.61 Å². The molecule has 0 aliphatic rings. The second kappa shape index (κ2) is 5.12. The number of hydrogen-bond acceptors (Lipinski definition) is 3. The highest BCUT2D eigenvalue weighted by molar-refractivity contribution is 5.58. The molecule has 0 amide bonds. The second-order valence-electron chi connectivity index (χ2n) is 4.02. The summed E-state index contributed by atoms with van der Waals surface area (Å²) in [6.45, 7) is 2.02. The van der Waals surface area contributed by atoms with Crippen molar-refractivity contribution in [3.63, 3.8) is 0 Å². The van der Waals surface area contributed by atoms with Gasteiger partial charge in [-0.15, -0.1) is 0 Å². The highest BCUT2D eigenvalue weighted by atomic mass is 16.3. The van der Waals surface area contributed by atoms with Crippen molar-refractivity contribution in [3.05, 3.63) is 41.9 Å². The first kappa shape index (κ1) is 11.8. The van der Waals surface area contributed by atoms with Gasteiger partial charge in [0.1, 0.15) is 5.82 Å². The molecule has 0 spiro atoms. The van der Waals surface area contributed by atoms with Gasteiger partial charge >= 0.3 is 0 Å². The van der Waals surface area contributed by atoms with E-state index in [0.29, 0.717) is 5.82 Å². The number of nitrogens with zero attached hydrogens (tertiary/aromatic N) is 1. The van der Waals surface area contributed by atoms with Crippen LogP contribution < -0.4 is 5.73 Å². The van der Waals surface area contributed by atoms with E-state index in [-0.39, 0.29) is 6.61 Å². The van der Waals surface area contributed by atoms with Gasteiger partial charge in [0.15, 0.2) is 0 Å². The molecule has 1 heterocycles. The molecule has 17 heavy (non-hydrogen) atoms. The normalized spacial score (nSPS) is 12.6. The van der Waals surface area contributed by atoms with Crippen molar-refractivity contribution in [1.82, 2.24) is 9.97 Å². The van der Waals surface area contributed by atoms with E-state index in [1.165, 1.54) is 5.56 Å². The number of aromatic amines is 1. The molecule has 2 aromatic rings. The molecule has 0 radical (unpaired) electrons. The summed E-state index contributed by atoms with van der Waals surface area (Å²) in [6, 6.07) is 7.86. The third-order valence-electron chi connectivity index (χ3n) is 2.82. The minimum Gasteiger partial charge on any atom is -0.394 e. The molecule has 0 saturated carbocycles. The fourth-order valence-electron chi connectivity index (χ4n) is 1.68. The van der Waals surface area contributed by atoms with E-state index in [2.05, 4.69) is 41.2 Å². The Morgan fingerprint density at radius 2 is 2.06 bits per heavy atom. The molecule has 0 bridgehead atoms. The lowest BCUT2D eigenvalue weighted by Gasteiger charge is -2.03.